The van der Waals surface area contributed by atoms with Gasteiger partial charge in [-0.15, -0.1) is 0 Å². The van der Waals surface area contributed by atoms with E-state index in [9.17, 15) is 4.79 Å². The normalized spacial score (nSPS) is 11.2. The van der Waals surface area contributed by atoms with Crippen molar-refractivity contribution >= 4 is 28.5 Å². The Morgan fingerprint density at radius 2 is 2.00 bits per heavy atom. The van der Waals surface area contributed by atoms with Gasteiger partial charge in [-0.3, -0.25) is 4.79 Å². The van der Waals surface area contributed by atoms with Gasteiger partial charge in [0.1, 0.15) is 11.6 Å². The third-order valence-corrected chi connectivity index (χ3v) is 4.56. The monoisotopic (exact) mass is 397 g/mol. The van der Waals surface area contributed by atoms with Crippen LogP contribution in [0.3, 0.4) is 0 Å². The molecule has 0 aliphatic carbocycles. The molecule has 0 fully saturated rings. The van der Waals surface area contributed by atoms with Gasteiger partial charge in [0.15, 0.2) is 0 Å². The van der Waals surface area contributed by atoms with E-state index >= 15 is 0 Å². The molecule has 0 saturated heterocycles. The van der Waals surface area contributed by atoms with E-state index in [0.29, 0.717) is 24.6 Å². The number of aryl methyl sites for hydroxylation is 1. The second-order valence-corrected chi connectivity index (χ2v) is 6.80. The van der Waals surface area contributed by atoms with E-state index in [0.717, 1.165) is 35.6 Å². The Bertz CT molecular complexity index is 948. The van der Waals surface area contributed by atoms with Gasteiger partial charge in [-0.1, -0.05) is 29.8 Å². The second-order valence-electron chi connectivity index (χ2n) is 6.37. The van der Waals surface area contributed by atoms with E-state index in [4.69, 9.17) is 21.3 Å². The van der Waals surface area contributed by atoms with E-state index in [1.807, 2.05) is 49.4 Å². The number of para-hydroxylation sites is 2. The van der Waals surface area contributed by atoms with Crippen molar-refractivity contribution in [3.63, 3.8) is 0 Å². The fourth-order valence-corrected chi connectivity index (χ4v) is 3.14. The third-order valence-electron chi connectivity index (χ3n) is 4.31. The van der Waals surface area contributed by atoms with Crippen molar-refractivity contribution in [3.05, 3.63) is 71.5 Å². The summed E-state index contributed by atoms with van der Waals surface area (Å²) < 4.78 is 8.00. The Kier molecular flexibility index (Phi) is 7.09. The van der Waals surface area contributed by atoms with E-state index in [-0.39, 0.29) is 5.91 Å². The average molecular weight is 398 g/mol. The first-order valence-electron chi connectivity index (χ1n) is 9.40. The van der Waals surface area contributed by atoms with Gasteiger partial charge in [-0.25, -0.2) is 4.98 Å². The van der Waals surface area contributed by atoms with E-state index in [1.54, 1.807) is 6.08 Å². The molecule has 3 aromatic rings. The van der Waals surface area contributed by atoms with E-state index < -0.39 is 0 Å². The van der Waals surface area contributed by atoms with Crippen LogP contribution in [-0.4, -0.2) is 28.6 Å². The quantitative estimate of drug-likeness (QED) is 0.430. The predicted molar refractivity (Wildman–Crippen MR) is 113 cm³/mol. The molecule has 0 bridgehead atoms. The number of carbonyl (C=O) groups excluding carboxylic acids is 1. The Balaban J connectivity index is 1.61. The van der Waals surface area contributed by atoms with Gasteiger partial charge >= 0.3 is 0 Å². The summed E-state index contributed by atoms with van der Waals surface area (Å²) >= 11 is 5.90. The maximum absolute atomic E-state index is 11.6. The Labute approximate surface area is 170 Å². The minimum absolute atomic E-state index is 0.0819. The highest BCUT2D eigenvalue weighted by Gasteiger charge is 2.10. The molecule has 0 unspecified atom stereocenters. The number of aromatic nitrogens is 2. The number of nitrogens with one attached hydrogen (secondary N) is 1. The number of halogens is 1. The van der Waals surface area contributed by atoms with Gasteiger partial charge in [0.25, 0.3) is 0 Å². The molecule has 28 heavy (non-hydrogen) atoms. The number of amides is 1. The molecule has 0 spiro atoms. The number of imidazole rings is 1. The number of fused-ring (bicyclic) bond motifs is 1. The van der Waals surface area contributed by atoms with Crippen LogP contribution < -0.4 is 10.1 Å². The zero-order valence-corrected chi connectivity index (χ0v) is 16.7. The maximum Gasteiger partial charge on any atom is 0.243 e. The molecule has 0 saturated carbocycles. The molecular formula is C22H24ClN3O2. The van der Waals surface area contributed by atoms with Crippen molar-refractivity contribution in [3.8, 4) is 5.75 Å². The highest BCUT2D eigenvalue weighted by molar-refractivity contribution is 6.30. The zero-order valence-electron chi connectivity index (χ0n) is 15.9. The highest BCUT2D eigenvalue weighted by atomic mass is 35.5. The van der Waals surface area contributed by atoms with Crippen LogP contribution in [0.5, 0.6) is 5.75 Å². The molecule has 146 valence electrons. The topological polar surface area (TPSA) is 56.2 Å². The van der Waals surface area contributed by atoms with Gasteiger partial charge in [0.05, 0.1) is 17.6 Å². The maximum atomic E-state index is 11.6. The van der Waals surface area contributed by atoms with E-state index in [1.165, 1.54) is 6.08 Å². The largest absolute Gasteiger partial charge is 0.494 e. The minimum atomic E-state index is -0.0819. The molecule has 1 heterocycles. The van der Waals surface area contributed by atoms with Crippen molar-refractivity contribution in [2.75, 3.05) is 13.2 Å². The molecule has 0 aliphatic heterocycles. The second kappa shape index (κ2) is 9.95. The summed E-state index contributed by atoms with van der Waals surface area (Å²) in [4.78, 5) is 16.3. The molecule has 1 aromatic heterocycles. The summed E-state index contributed by atoms with van der Waals surface area (Å²) in [5.41, 5.74) is 2.07. The van der Waals surface area contributed by atoms with Crippen LogP contribution in [0, 0.1) is 0 Å². The fraction of sp³-hybridized carbons (Fsp3) is 0.273. The Morgan fingerprint density at radius 3 is 2.79 bits per heavy atom. The molecule has 0 aliphatic rings. The lowest BCUT2D eigenvalue weighted by atomic mass is 10.3. The number of ether oxygens (including phenoxy) is 1. The molecule has 6 heteroatoms. The number of benzene rings is 2. The summed E-state index contributed by atoms with van der Waals surface area (Å²) in [6, 6.07) is 15.5. The summed E-state index contributed by atoms with van der Waals surface area (Å²) in [5, 5.41) is 3.58. The summed E-state index contributed by atoms with van der Waals surface area (Å²) in [7, 11) is 0. The SMILES string of the molecule is C/C=C/C(=O)NCCc1nc2ccccc2n1CCCOc1ccc(Cl)cc1. The number of carbonyl (C=O) groups is 1. The highest BCUT2D eigenvalue weighted by Crippen LogP contribution is 2.18. The van der Waals surface area contributed by atoms with E-state index in [2.05, 4.69) is 16.0 Å². The molecule has 1 amide bonds. The van der Waals surface area contributed by atoms with Crippen molar-refractivity contribution < 1.29 is 9.53 Å². The van der Waals surface area contributed by atoms with Crippen LogP contribution in [0.25, 0.3) is 11.0 Å². The number of allylic oxidation sites excluding steroid dienone is 1. The lowest BCUT2D eigenvalue weighted by Crippen LogP contribution is -2.24. The van der Waals surface area contributed by atoms with Crippen molar-refractivity contribution in [1.29, 1.82) is 0 Å². The molecular weight excluding hydrogens is 374 g/mol. The van der Waals surface area contributed by atoms with Gasteiger partial charge in [0, 0.05) is 24.5 Å². The van der Waals surface area contributed by atoms with Crippen molar-refractivity contribution in [1.82, 2.24) is 14.9 Å². The molecule has 0 atom stereocenters. The summed E-state index contributed by atoms with van der Waals surface area (Å²) in [6.07, 6.45) is 4.78. The molecule has 2 aromatic carbocycles. The zero-order chi connectivity index (χ0) is 19.8. The van der Waals surface area contributed by atoms with Gasteiger partial charge in [-0.05, 0) is 55.8 Å². The summed E-state index contributed by atoms with van der Waals surface area (Å²) in [5.74, 6) is 1.70. The van der Waals surface area contributed by atoms with Crippen molar-refractivity contribution in [2.24, 2.45) is 0 Å². The first-order chi connectivity index (χ1) is 13.7. The standard InChI is InChI=1S/C22H24ClN3O2/c1-2-6-22(27)24-14-13-21-25-19-7-3-4-8-20(19)26(21)15-5-16-28-18-11-9-17(23)10-12-18/h2-4,6-12H,5,13-16H2,1H3,(H,24,27)/b6-2+. The number of hydrogen-bond donors (Lipinski definition) is 1. The first-order valence-corrected chi connectivity index (χ1v) is 9.78. The lowest BCUT2D eigenvalue weighted by Gasteiger charge is -2.11. The van der Waals surface area contributed by atoms with Crippen LogP contribution in [0.15, 0.2) is 60.7 Å². The van der Waals surface area contributed by atoms with Crippen LogP contribution in [-0.2, 0) is 17.8 Å². The third kappa shape index (κ3) is 5.36. The van der Waals surface area contributed by atoms with Gasteiger partial charge in [-0.2, -0.15) is 0 Å². The Morgan fingerprint density at radius 1 is 1.21 bits per heavy atom. The van der Waals surface area contributed by atoms with Crippen LogP contribution in [0.1, 0.15) is 19.2 Å². The smallest absolute Gasteiger partial charge is 0.243 e. The Hall–Kier alpha value is -2.79. The average Bonchev–Trinajstić information content (AvgIpc) is 3.04. The molecule has 3 rings (SSSR count). The van der Waals surface area contributed by atoms with Gasteiger partial charge in [0.2, 0.25) is 5.91 Å². The van der Waals surface area contributed by atoms with Crippen LogP contribution in [0.2, 0.25) is 5.02 Å². The minimum Gasteiger partial charge on any atom is -0.494 e. The molecule has 5 nitrogen and oxygen atoms in total. The van der Waals surface area contributed by atoms with Crippen molar-refractivity contribution in [2.45, 2.75) is 26.3 Å². The fourth-order valence-electron chi connectivity index (χ4n) is 3.02. The first kappa shape index (κ1) is 20.0. The van der Waals surface area contributed by atoms with Crippen LogP contribution in [0.4, 0.5) is 0 Å². The lowest BCUT2D eigenvalue weighted by molar-refractivity contribution is -0.116. The number of nitrogens with zero attached hydrogens (tertiary/aromatic N) is 2. The number of rotatable bonds is 9. The molecule has 0 radical (unpaired) electrons. The summed E-state index contributed by atoms with van der Waals surface area (Å²) in [6.45, 7) is 3.77. The number of hydrogen-bond acceptors (Lipinski definition) is 3. The van der Waals surface area contributed by atoms with Crippen LogP contribution >= 0.6 is 11.6 Å². The predicted octanol–water partition coefficient (Wildman–Crippen LogP) is 4.39. The van der Waals surface area contributed by atoms with Gasteiger partial charge < -0.3 is 14.6 Å². The molecule has 1 N–H and O–H groups in total.